The van der Waals surface area contributed by atoms with Crippen LogP contribution in [0.15, 0.2) is 12.7 Å². The van der Waals surface area contributed by atoms with Crippen LogP contribution in [0.1, 0.15) is 40.3 Å². The molecule has 0 aromatic carbocycles. The highest BCUT2D eigenvalue weighted by Crippen LogP contribution is 2.67. The molecule has 2 aromatic heterocycles. The quantitative estimate of drug-likeness (QED) is 0.560. The van der Waals surface area contributed by atoms with Crippen LogP contribution in [0.3, 0.4) is 0 Å². The lowest BCUT2D eigenvalue weighted by Gasteiger charge is -2.45. The first-order valence-corrected chi connectivity index (χ1v) is 10.5. The van der Waals surface area contributed by atoms with Gasteiger partial charge in [-0.15, -0.1) is 0 Å². The van der Waals surface area contributed by atoms with E-state index in [0.717, 1.165) is 0 Å². The van der Waals surface area contributed by atoms with Crippen LogP contribution in [-0.2, 0) is 9.47 Å². The number of aromatic nitrogens is 4. The van der Waals surface area contributed by atoms with Gasteiger partial charge in [0.25, 0.3) is 5.85 Å². The lowest BCUT2D eigenvalue weighted by atomic mass is 9.74. The van der Waals surface area contributed by atoms with Crippen molar-refractivity contribution in [1.82, 2.24) is 19.5 Å². The molecule has 0 amide bonds. The van der Waals surface area contributed by atoms with Crippen LogP contribution in [0.25, 0.3) is 11.2 Å². The zero-order valence-electron chi connectivity index (χ0n) is 15.6. The summed E-state index contributed by atoms with van der Waals surface area (Å²) in [6.07, 6.45) is 2.51. The summed E-state index contributed by atoms with van der Waals surface area (Å²) in [4.78, 5) is 41.9. The first kappa shape index (κ1) is 18.9. The number of fused-ring (bicyclic) bond motifs is 2. The second kappa shape index (κ2) is 5.79. The van der Waals surface area contributed by atoms with E-state index in [4.69, 9.17) is 15.2 Å². The van der Waals surface area contributed by atoms with Crippen LogP contribution >= 0.6 is 7.94 Å². The molecule has 5 atom stereocenters. The summed E-state index contributed by atoms with van der Waals surface area (Å²) in [6.45, 7) is 8.16. The molecule has 0 radical (unpaired) electrons. The summed E-state index contributed by atoms with van der Waals surface area (Å²) in [5.41, 5.74) is 6.03. The number of nitrogens with zero attached hydrogens (tertiary/aromatic N) is 4. The van der Waals surface area contributed by atoms with Gasteiger partial charge in [-0.25, -0.2) is 15.0 Å². The molecule has 2 aliphatic rings. The van der Waals surface area contributed by atoms with Gasteiger partial charge in [0.2, 0.25) is 0 Å². The number of imidazole rings is 1. The monoisotopic (exact) mass is 398 g/mol. The van der Waals surface area contributed by atoms with E-state index in [1.54, 1.807) is 10.9 Å². The van der Waals surface area contributed by atoms with Crippen LogP contribution in [0, 0.1) is 11.3 Å². The van der Waals surface area contributed by atoms with Crippen LogP contribution in [0.4, 0.5) is 5.82 Å². The molecule has 0 aliphatic carbocycles. The molecule has 4 rings (SSSR count). The van der Waals surface area contributed by atoms with E-state index in [1.165, 1.54) is 6.33 Å². The first-order valence-electron chi connectivity index (χ1n) is 8.74. The lowest BCUT2D eigenvalue weighted by molar-refractivity contribution is -0.165. The molecular weight excluding hydrogens is 373 g/mol. The molecule has 0 spiro atoms. The van der Waals surface area contributed by atoms with Gasteiger partial charge in [-0.05, 0) is 18.8 Å². The highest BCUT2D eigenvalue weighted by molar-refractivity contribution is 7.59. The minimum absolute atomic E-state index is 0.0839. The number of nitrogen functional groups attached to an aromatic ring is 1. The van der Waals surface area contributed by atoms with Gasteiger partial charge in [0.05, 0.1) is 17.8 Å². The molecule has 2 aliphatic heterocycles. The van der Waals surface area contributed by atoms with Gasteiger partial charge >= 0.3 is 7.94 Å². The number of rotatable bonds is 3. The standard InChI is InChI=1S/C16H25N5O5P/c1-15(2,3)5-16(4)8-10(25-14(8)27(22,23)24)13(26-16)21-7-20-9-11(17)18-6-19-12(9)21/h6-8,10,13-14,22-24H,5H2,1-4H3,(H2,17,18,19)/q+1/t8?,10?,13?,14?,16-/m1/s1. The Hall–Kier alpha value is -1.42. The summed E-state index contributed by atoms with van der Waals surface area (Å²) >= 11 is 0. The van der Waals surface area contributed by atoms with E-state index in [2.05, 4.69) is 35.7 Å². The van der Waals surface area contributed by atoms with Gasteiger partial charge in [-0.2, -0.15) is 14.7 Å². The fourth-order valence-electron chi connectivity index (χ4n) is 4.50. The molecule has 0 saturated carbocycles. The molecule has 5 N–H and O–H groups in total. The highest BCUT2D eigenvalue weighted by Gasteiger charge is 2.73. The average Bonchev–Trinajstić information content (AvgIpc) is 2.93. The first-order chi connectivity index (χ1) is 12.4. The highest BCUT2D eigenvalue weighted by atomic mass is 31.2. The molecule has 10 nitrogen and oxygen atoms in total. The maximum absolute atomic E-state index is 9.83. The van der Waals surface area contributed by atoms with Gasteiger partial charge in [0.1, 0.15) is 17.9 Å². The fourth-order valence-corrected chi connectivity index (χ4v) is 5.72. The van der Waals surface area contributed by atoms with E-state index in [-0.39, 0.29) is 17.2 Å². The van der Waals surface area contributed by atoms with Crippen molar-refractivity contribution in [2.24, 2.45) is 11.3 Å². The number of hydrogen-bond donors (Lipinski definition) is 4. The number of anilines is 1. The minimum atomic E-state index is -4.17. The average molecular weight is 398 g/mol. The van der Waals surface area contributed by atoms with Gasteiger partial charge < -0.3 is 15.2 Å². The summed E-state index contributed by atoms with van der Waals surface area (Å²) in [6, 6.07) is 0. The Morgan fingerprint density at radius 1 is 1.26 bits per heavy atom. The SMILES string of the molecule is CC(C)(C)C[C@@]1(C)OC(n2cnc3c(N)ncnc32)C2OC([P+](O)(O)O)C21. The van der Waals surface area contributed by atoms with E-state index >= 15 is 0 Å². The van der Waals surface area contributed by atoms with Crippen LogP contribution in [0.5, 0.6) is 0 Å². The fraction of sp³-hybridized carbons (Fsp3) is 0.688. The summed E-state index contributed by atoms with van der Waals surface area (Å²) in [7, 11) is -4.17. The maximum Gasteiger partial charge on any atom is 0.435 e. The topological polar surface area (TPSA) is 149 Å². The summed E-state index contributed by atoms with van der Waals surface area (Å²) in [5.74, 6) is -1.18. The molecule has 2 aromatic rings. The van der Waals surface area contributed by atoms with Crippen LogP contribution in [0.2, 0.25) is 0 Å². The van der Waals surface area contributed by atoms with E-state index in [0.29, 0.717) is 17.6 Å². The van der Waals surface area contributed by atoms with Crippen LogP contribution < -0.4 is 5.73 Å². The second-order valence-electron chi connectivity index (χ2n) is 8.77. The molecule has 2 saturated heterocycles. The van der Waals surface area contributed by atoms with Crippen molar-refractivity contribution in [2.75, 3.05) is 5.73 Å². The van der Waals surface area contributed by atoms with Gasteiger partial charge in [0.15, 0.2) is 17.7 Å². The van der Waals surface area contributed by atoms with E-state index in [1.807, 2.05) is 6.92 Å². The van der Waals surface area contributed by atoms with Crippen molar-refractivity contribution in [1.29, 1.82) is 0 Å². The summed E-state index contributed by atoms with van der Waals surface area (Å²) < 4.78 is 13.8. The number of hydrogen-bond acceptors (Lipinski definition) is 9. The summed E-state index contributed by atoms with van der Waals surface area (Å²) in [5, 5.41) is 0. The molecule has 0 bridgehead atoms. The number of nitrogens with two attached hydrogens (primary N) is 1. The van der Waals surface area contributed by atoms with Crippen molar-refractivity contribution in [3.8, 4) is 0 Å². The Kier molecular flexibility index (Phi) is 4.06. The van der Waals surface area contributed by atoms with Gasteiger partial charge in [0, 0.05) is 0 Å². The molecule has 2 fully saturated rings. The van der Waals surface area contributed by atoms with E-state index < -0.39 is 31.7 Å². The zero-order valence-corrected chi connectivity index (χ0v) is 16.5. The third-order valence-corrected chi connectivity index (χ3v) is 6.34. The Labute approximate surface area is 156 Å². The van der Waals surface area contributed by atoms with Gasteiger partial charge in [-0.3, -0.25) is 4.57 Å². The zero-order chi connectivity index (χ0) is 19.8. The predicted molar refractivity (Wildman–Crippen MR) is 98.1 cm³/mol. The predicted octanol–water partition coefficient (Wildman–Crippen LogP) is 1.21. The Bertz CT molecular complexity index is 878. The number of ether oxygens (including phenoxy) is 2. The maximum atomic E-state index is 9.83. The van der Waals surface area contributed by atoms with Crippen molar-refractivity contribution in [3.63, 3.8) is 0 Å². The molecule has 27 heavy (non-hydrogen) atoms. The molecule has 11 heteroatoms. The Morgan fingerprint density at radius 3 is 2.59 bits per heavy atom. The van der Waals surface area contributed by atoms with Gasteiger partial charge in [-0.1, -0.05) is 20.8 Å². The van der Waals surface area contributed by atoms with Crippen molar-refractivity contribution in [2.45, 2.75) is 57.9 Å². The van der Waals surface area contributed by atoms with Crippen molar-refractivity contribution < 1.29 is 24.2 Å². The third-order valence-electron chi connectivity index (χ3n) is 5.22. The van der Waals surface area contributed by atoms with Crippen molar-refractivity contribution in [3.05, 3.63) is 12.7 Å². The molecule has 4 heterocycles. The smallest absolute Gasteiger partial charge is 0.382 e. The lowest BCUT2D eigenvalue weighted by Crippen LogP contribution is -2.56. The van der Waals surface area contributed by atoms with Crippen molar-refractivity contribution >= 4 is 24.9 Å². The Balaban J connectivity index is 1.75. The molecular formula is C16H25N5O5P+. The second-order valence-corrected chi connectivity index (χ2v) is 10.5. The largest absolute Gasteiger partial charge is 0.435 e. The molecule has 4 unspecified atom stereocenters. The van der Waals surface area contributed by atoms with E-state index in [9.17, 15) is 14.7 Å². The Morgan fingerprint density at radius 2 is 1.96 bits per heavy atom. The normalized spacial score (nSPS) is 33.9. The third kappa shape index (κ3) is 3.00. The molecule has 148 valence electrons. The minimum Gasteiger partial charge on any atom is -0.382 e. The van der Waals surface area contributed by atoms with Crippen LogP contribution in [-0.4, -0.2) is 51.7 Å².